The van der Waals surface area contributed by atoms with Crippen molar-refractivity contribution in [2.24, 2.45) is 11.8 Å². The number of carboxylic acid groups (broad SMARTS) is 1. The van der Waals surface area contributed by atoms with Gasteiger partial charge >= 0.3 is 12.1 Å². The molecular formula is C11H19NO4. The number of hydrogen-bond donors (Lipinski definition) is 2. The first-order valence-electron chi connectivity index (χ1n) is 5.65. The van der Waals surface area contributed by atoms with Crippen LogP contribution in [0.25, 0.3) is 0 Å². The van der Waals surface area contributed by atoms with Gasteiger partial charge in [-0.3, -0.25) is 4.79 Å². The Morgan fingerprint density at radius 2 is 2.12 bits per heavy atom. The Balaban J connectivity index is 2.23. The summed E-state index contributed by atoms with van der Waals surface area (Å²) in [5.41, 5.74) is 0. The molecule has 0 aliphatic heterocycles. The molecule has 5 heteroatoms. The SMILES string of the molecule is CC(C)COC(=O)N[C@H]1CC[C@@H](C(=O)O)C1. The van der Waals surface area contributed by atoms with Gasteiger partial charge < -0.3 is 15.2 Å². The lowest BCUT2D eigenvalue weighted by Gasteiger charge is -2.13. The number of rotatable bonds is 4. The molecule has 2 atom stereocenters. The van der Waals surface area contributed by atoms with Crippen molar-refractivity contribution in [1.82, 2.24) is 5.32 Å². The number of amides is 1. The third-order valence-electron chi connectivity index (χ3n) is 2.65. The second-order valence-electron chi connectivity index (χ2n) is 4.68. The molecule has 0 unspecified atom stereocenters. The molecule has 0 saturated heterocycles. The van der Waals surface area contributed by atoms with Gasteiger partial charge in [0, 0.05) is 6.04 Å². The lowest BCUT2D eigenvalue weighted by atomic mass is 10.1. The Labute approximate surface area is 95.2 Å². The molecule has 0 aromatic rings. The van der Waals surface area contributed by atoms with Crippen molar-refractivity contribution in [3.8, 4) is 0 Å². The van der Waals surface area contributed by atoms with Crippen LogP contribution >= 0.6 is 0 Å². The smallest absolute Gasteiger partial charge is 0.407 e. The first-order valence-corrected chi connectivity index (χ1v) is 5.65. The summed E-state index contributed by atoms with van der Waals surface area (Å²) in [6.07, 6.45) is 1.41. The van der Waals surface area contributed by atoms with Crippen LogP contribution in [0.1, 0.15) is 33.1 Å². The van der Waals surface area contributed by atoms with Crippen molar-refractivity contribution >= 4 is 12.1 Å². The molecule has 0 bridgehead atoms. The van der Waals surface area contributed by atoms with E-state index >= 15 is 0 Å². The van der Waals surface area contributed by atoms with Gasteiger partial charge in [-0.15, -0.1) is 0 Å². The lowest BCUT2D eigenvalue weighted by Crippen LogP contribution is -2.34. The van der Waals surface area contributed by atoms with Crippen LogP contribution in [0.3, 0.4) is 0 Å². The Hall–Kier alpha value is -1.26. The number of carbonyl (C=O) groups is 2. The van der Waals surface area contributed by atoms with Crippen LogP contribution in [0, 0.1) is 11.8 Å². The van der Waals surface area contributed by atoms with Gasteiger partial charge in [-0.2, -0.15) is 0 Å². The molecule has 5 nitrogen and oxygen atoms in total. The lowest BCUT2D eigenvalue weighted by molar-refractivity contribution is -0.141. The Kier molecular flexibility index (Phi) is 4.58. The fourth-order valence-corrected chi connectivity index (χ4v) is 1.79. The summed E-state index contributed by atoms with van der Waals surface area (Å²) in [6, 6.07) is -0.0548. The summed E-state index contributed by atoms with van der Waals surface area (Å²) in [5.74, 6) is -0.795. The number of alkyl carbamates (subject to hydrolysis) is 1. The van der Waals surface area contributed by atoms with E-state index in [9.17, 15) is 9.59 Å². The van der Waals surface area contributed by atoms with E-state index in [2.05, 4.69) is 5.32 Å². The number of carbonyl (C=O) groups excluding carboxylic acids is 1. The molecule has 1 fully saturated rings. The van der Waals surface area contributed by atoms with E-state index in [0.29, 0.717) is 31.8 Å². The molecule has 0 radical (unpaired) electrons. The zero-order chi connectivity index (χ0) is 12.1. The Bertz CT molecular complexity index is 265. The highest BCUT2D eigenvalue weighted by Gasteiger charge is 2.30. The topological polar surface area (TPSA) is 75.6 Å². The van der Waals surface area contributed by atoms with E-state index in [1.165, 1.54) is 0 Å². The number of ether oxygens (including phenoxy) is 1. The van der Waals surface area contributed by atoms with Crippen LogP contribution in [0.2, 0.25) is 0 Å². The van der Waals surface area contributed by atoms with E-state index in [1.54, 1.807) is 0 Å². The van der Waals surface area contributed by atoms with Crippen LogP contribution in [0.15, 0.2) is 0 Å². The number of aliphatic carboxylic acids is 1. The van der Waals surface area contributed by atoms with Crippen molar-refractivity contribution in [2.75, 3.05) is 6.61 Å². The van der Waals surface area contributed by atoms with Crippen LogP contribution in [0.5, 0.6) is 0 Å². The van der Waals surface area contributed by atoms with E-state index in [4.69, 9.17) is 9.84 Å². The molecule has 1 rings (SSSR count). The van der Waals surface area contributed by atoms with Crippen LogP contribution < -0.4 is 5.32 Å². The Morgan fingerprint density at radius 1 is 1.44 bits per heavy atom. The maximum absolute atomic E-state index is 11.3. The molecular weight excluding hydrogens is 210 g/mol. The molecule has 0 aromatic heterocycles. The average molecular weight is 229 g/mol. The number of carboxylic acids is 1. The minimum Gasteiger partial charge on any atom is -0.481 e. The monoisotopic (exact) mass is 229 g/mol. The molecule has 1 amide bonds. The van der Waals surface area contributed by atoms with Gasteiger partial charge in [0.25, 0.3) is 0 Å². The first-order chi connectivity index (χ1) is 7.49. The first kappa shape index (κ1) is 12.8. The summed E-state index contributed by atoms with van der Waals surface area (Å²) < 4.78 is 4.96. The second-order valence-corrected chi connectivity index (χ2v) is 4.68. The van der Waals surface area contributed by atoms with Crippen molar-refractivity contribution in [1.29, 1.82) is 0 Å². The van der Waals surface area contributed by atoms with Crippen molar-refractivity contribution in [3.05, 3.63) is 0 Å². The van der Waals surface area contributed by atoms with Gasteiger partial charge in [0.1, 0.15) is 0 Å². The zero-order valence-corrected chi connectivity index (χ0v) is 9.73. The van der Waals surface area contributed by atoms with Crippen molar-refractivity contribution in [2.45, 2.75) is 39.2 Å². The third-order valence-corrected chi connectivity index (χ3v) is 2.65. The summed E-state index contributed by atoms with van der Waals surface area (Å²) >= 11 is 0. The maximum atomic E-state index is 11.3. The standard InChI is InChI=1S/C11H19NO4/c1-7(2)6-16-11(15)12-9-4-3-8(5-9)10(13)14/h7-9H,3-6H2,1-2H3,(H,12,15)(H,13,14)/t8-,9+/m1/s1. The highest BCUT2D eigenvalue weighted by molar-refractivity contribution is 5.71. The van der Waals surface area contributed by atoms with E-state index < -0.39 is 12.1 Å². The summed E-state index contributed by atoms with van der Waals surface area (Å²) in [5, 5.41) is 11.5. The fraction of sp³-hybridized carbons (Fsp3) is 0.818. The second kappa shape index (κ2) is 5.72. The third kappa shape index (κ3) is 4.08. The highest BCUT2D eigenvalue weighted by Crippen LogP contribution is 2.25. The van der Waals surface area contributed by atoms with Gasteiger partial charge in [0.05, 0.1) is 12.5 Å². The average Bonchev–Trinajstić information content (AvgIpc) is 2.63. The van der Waals surface area contributed by atoms with E-state index in [0.717, 1.165) is 0 Å². The van der Waals surface area contributed by atoms with Gasteiger partial charge in [-0.25, -0.2) is 4.79 Å². The minimum absolute atomic E-state index is 0.0548. The van der Waals surface area contributed by atoms with Gasteiger partial charge in [-0.05, 0) is 25.2 Å². The predicted molar refractivity (Wildman–Crippen MR) is 58.1 cm³/mol. The molecule has 0 spiro atoms. The Morgan fingerprint density at radius 3 is 2.62 bits per heavy atom. The number of nitrogens with one attached hydrogen (secondary N) is 1. The quantitative estimate of drug-likeness (QED) is 0.768. The van der Waals surface area contributed by atoms with Crippen LogP contribution in [-0.2, 0) is 9.53 Å². The molecule has 1 aliphatic rings. The molecule has 2 N–H and O–H groups in total. The summed E-state index contributed by atoms with van der Waals surface area (Å²) in [7, 11) is 0. The largest absolute Gasteiger partial charge is 0.481 e. The minimum atomic E-state index is -0.778. The molecule has 1 aliphatic carbocycles. The van der Waals surface area contributed by atoms with Gasteiger partial charge in [0.15, 0.2) is 0 Å². The molecule has 92 valence electrons. The van der Waals surface area contributed by atoms with E-state index in [-0.39, 0.29) is 12.0 Å². The number of hydrogen-bond acceptors (Lipinski definition) is 3. The van der Waals surface area contributed by atoms with E-state index in [1.807, 2.05) is 13.8 Å². The fourth-order valence-electron chi connectivity index (χ4n) is 1.79. The van der Waals surface area contributed by atoms with Crippen LogP contribution in [-0.4, -0.2) is 29.8 Å². The molecule has 0 heterocycles. The zero-order valence-electron chi connectivity index (χ0n) is 9.73. The summed E-state index contributed by atoms with van der Waals surface area (Å²) in [4.78, 5) is 22.0. The van der Waals surface area contributed by atoms with Crippen molar-refractivity contribution in [3.63, 3.8) is 0 Å². The van der Waals surface area contributed by atoms with Gasteiger partial charge in [0.2, 0.25) is 0 Å². The summed E-state index contributed by atoms with van der Waals surface area (Å²) in [6.45, 7) is 4.31. The maximum Gasteiger partial charge on any atom is 0.407 e. The molecule has 0 aromatic carbocycles. The van der Waals surface area contributed by atoms with Crippen molar-refractivity contribution < 1.29 is 19.4 Å². The van der Waals surface area contributed by atoms with Gasteiger partial charge in [-0.1, -0.05) is 13.8 Å². The molecule has 16 heavy (non-hydrogen) atoms. The normalized spacial score (nSPS) is 24.4. The predicted octanol–water partition coefficient (Wildman–Crippen LogP) is 1.62. The molecule has 1 saturated carbocycles. The van der Waals surface area contributed by atoms with Crippen LogP contribution in [0.4, 0.5) is 4.79 Å². The highest BCUT2D eigenvalue weighted by atomic mass is 16.5.